The molecule has 0 aliphatic rings. The van der Waals surface area contributed by atoms with E-state index in [1.807, 2.05) is 59.3 Å². The van der Waals surface area contributed by atoms with Crippen molar-refractivity contribution in [3.8, 4) is 0 Å². The van der Waals surface area contributed by atoms with Gasteiger partial charge in [0.1, 0.15) is 0 Å². The summed E-state index contributed by atoms with van der Waals surface area (Å²) in [4.78, 5) is 11.8. The van der Waals surface area contributed by atoms with Gasteiger partial charge in [-0.2, -0.15) is 0 Å². The molecule has 3 rings (SSSR count). The summed E-state index contributed by atoms with van der Waals surface area (Å²) in [5, 5.41) is 1.14. The van der Waals surface area contributed by atoms with E-state index in [4.69, 9.17) is 4.74 Å². The van der Waals surface area contributed by atoms with Crippen LogP contribution < -0.4 is 0 Å². The lowest BCUT2D eigenvalue weighted by molar-refractivity contribution is 0.0379. The third-order valence-corrected chi connectivity index (χ3v) is 3.02. The largest absolute Gasteiger partial charge is 0.440 e. The van der Waals surface area contributed by atoms with E-state index in [0.717, 1.165) is 10.9 Å². The van der Waals surface area contributed by atoms with Crippen LogP contribution >= 0.6 is 0 Å². The number of rotatable bonds is 3. The van der Waals surface area contributed by atoms with Crippen LogP contribution in [-0.2, 0) is 11.5 Å². The van der Waals surface area contributed by atoms with Gasteiger partial charge in [0.05, 0.1) is 11.1 Å². The topological polar surface area (TPSA) is 31.2 Å². The maximum absolute atomic E-state index is 11.8. The van der Waals surface area contributed by atoms with Gasteiger partial charge in [-0.05, 0) is 29.7 Å². The molecule has 0 unspecified atom stereocenters. The van der Waals surface area contributed by atoms with Gasteiger partial charge in [0.15, 0.2) is 6.73 Å². The number of ether oxygens (including phenoxy) is 1. The van der Waals surface area contributed by atoms with Crippen LogP contribution in [0.15, 0.2) is 66.9 Å². The normalized spacial score (nSPS) is 10.5. The zero-order chi connectivity index (χ0) is 13.1. The van der Waals surface area contributed by atoms with Crippen LogP contribution in [0.4, 0.5) is 0 Å². The summed E-state index contributed by atoms with van der Waals surface area (Å²) >= 11 is 0. The third-order valence-electron chi connectivity index (χ3n) is 3.02. The molecule has 0 aliphatic heterocycles. The summed E-state index contributed by atoms with van der Waals surface area (Å²) in [6, 6.07) is 19.0. The number of carbonyl (C=O) groups excluding carboxylic acids is 1. The highest BCUT2D eigenvalue weighted by atomic mass is 16.5. The van der Waals surface area contributed by atoms with Crippen LogP contribution in [0.25, 0.3) is 10.9 Å². The molecule has 3 heteroatoms. The Bertz CT molecular complexity index is 701. The minimum atomic E-state index is -0.307. The van der Waals surface area contributed by atoms with Crippen molar-refractivity contribution in [2.75, 3.05) is 0 Å². The van der Waals surface area contributed by atoms with Gasteiger partial charge in [0.2, 0.25) is 0 Å². The SMILES string of the molecule is O=C(OCn1ccc2ccccc21)c1ccccc1. The van der Waals surface area contributed by atoms with Crippen molar-refractivity contribution in [1.29, 1.82) is 0 Å². The van der Waals surface area contributed by atoms with Gasteiger partial charge in [-0.25, -0.2) is 4.79 Å². The number of nitrogens with zero attached hydrogens (tertiary/aromatic N) is 1. The molecular formula is C16H13NO2. The molecule has 19 heavy (non-hydrogen) atoms. The predicted molar refractivity (Wildman–Crippen MR) is 73.8 cm³/mol. The van der Waals surface area contributed by atoms with E-state index in [2.05, 4.69) is 0 Å². The quantitative estimate of drug-likeness (QED) is 0.667. The fourth-order valence-corrected chi connectivity index (χ4v) is 2.04. The molecule has 0 atom stereocenters. The summed E-state index contributed by atoms with van der Waals surface area (Å²) in [6.45, 7) is 0.223. The molecule has 0 aliphatic carbocycles. The van der Waals surface area contributed by atoms with Gasteiger partial charge >= 0.3 is 5.97 Å². The fraction of sp³-hybridized carbons (Fsp3) is 0.0625. The predicted octanol–water partition coefficient (Wildman–Crippen LogP) is 3.46. The minimum Gasteiger partial charge on any atom is -0.440 e. The Morgan fingerprint density at radius 2 is 1.68 bits per heavy atom. The van der Waals surface area contributed by atoms with Gasteiger partial charge in [0.25, 0.3) is 0 Å². The van der Waals surface area contributed by atoms with Gasteiger partial charge in [-0.1, -0.05) is 36.4 Å². The van der Waals surface area contributed by atoms with Crippen molar-refractivity contribution in [2.45, 2.75) is 6.73 Å². The molecule has 0 N–H and O–H groups in total. The van der Waals surface area contributed by atoms with Crippen molar-refractivity contribution in [3.05, 3.63) is 72.4 Å². The van der Waals surface area contributed by atoms with Gasteiger partial charge in [-0.3, -0.25) is 0 Å². The van der Waals surface area contributed by atoms with E-state index in [1.54, 1.807) is 12.1 Å². The average Bonchev–Trinajstić information content (AvgIpc) is 2.89. The second-order valence-electron chi connectivity index (χ2n) is 4.27. The van der Waals surface area contributed by atoms with Crippen LogP contribution in [0.5, 0.6) is 0 Å². The molecule has 0 amide bonds. The number of benzene rings is 2. The number of esters is 1. The average molecular weight is 251 g/mol. The zero-order valence-electron chi connectivity index (χ0n) is 10.3. The van der Waals surface area contributed by atoms with Crippen LogP contribution in [0.2, 0.25) is 0 Å². The van der Waals surface area contributed by atoms with E-state index in [9.17, 15) is 4.79 Å². The third kappa shape index (κ3) is 2.36. The van der Waals surface area contributed by atoms with Crippen molar-refractivity contribution >= 4 is 16.9 Å². The van der Waals surface area contributed by atoms with Crippen LogP contribution in [0.3, 0.4) is 0 Å². The molecule has 3 aromatic rings. The molecule has 2 aromatic carbocycles. The fourth-order valence-electron chi connectivity index (χ4n) is 2.04. The standard InChI is InChI=1S/C16H13NO2/c18-16(14-7-2-1-3-8-14)19-12-17-11-10-13-6-4-5-9-15(13)17/h1-11H,12H2. The second-order valence-corrected chi connectivity index (χ2v) is 4.27. The molecule has 3 nitrogen and oxygen atoms in total. The number of para-hydroxylation sites is 1. The Hall–Kier alpha value is -2.55. The second kappa shape index (κ2) is 4.98. The first-order valence-electron chi connectivity index (χ1n) is 6.10. The number of fused-ring (bicyclic) bond motifs is 1. The van der Waals surface area contributed by atoms with Gasteiger partial charge in [-0.15, -0.1) is 0 Å². The number of aromatic nitrogens is 1. The Labute approximate surface area is 111 Å². The monoisotopic (exact) mass is 251 g/mol. The first-order valence-corrected chi connectivity index (χ1v) is 6.10. The summed E-state index contributed by atoms with van der Waals surface area (Å²) in [5.74, 6) is -0.307. The maximum Gasteiger partial charge on any atom is 0.339 e. The van der Waals surface area contributed by atoms with E-state index >= 15 is 0 Å². The molecule has 0 saturated carbocycles. The van der Waals surface area contributed by atoms with Crippen LogP contribution in [0, 0.1) is 0 Å². The van der Waals surface area contributed by atoms with Gasteiger partial charge in [0, 0.05) is 6.20 Å². The van der Waals surface area contributed by atoms with Crippen molar-refractivity contribution in [2.24, 2.45) is 0 Å². The van der Waals surface area contributed by atoms with E-state index in [1.165, 1.54) is 0 Å². The molecule has 94 valence electrons. The lowest BCUT2D eigenvalue weighted by atomic mass is 10.2. The first kappa shape index (κ1) is 11.5. The lowest BCUT2D eigenvalue weighted by Crippen LogP contribution is -2.08. The Kier molecular flexibility index (Phi) is 3.02. The highest BCUT2D eigenvalue weighted by molar-refractivity contribution is 5.89. The van der Waals surface area contributed by atoms with Crippen molar-refractivity contribution in [3.63, 3.8) is 0 Å². The molecule has 1 aromatic heterocycles. The van der Waals surface area contributed by atoms with Crippen LogP contribution in [0.1, 0.15) is 10.4 Å². The molecule has 0 fully saturated rings. The molecule has 0 bridgehead atoms. The van der Waals surface area contributed by atoms with Crippen molar-refractivity contribution in [1.82, 2.24) is 4.57 Å². The minimum absolute atomic E-state index is 0.223. The molecule has 0 saturated heterocycles. The van der Waals surface area contributed by atoms with Crippen molar-refractivity contribution < 1.29 is 9.53 Å². The number of carbonyl (C=O) groups is 1. The Morgan fingerprint density at radius 3 is 2.53 bits per heavy atom. The number of hydrogen-bond acceptors (Lipinski definition) is 2. The summed E-state index contributed by atoms with van der Waals surface area (Å²) < 4.78 is 7.22. The highest BCUT2D eigenvalue weighted by Gasteiger charge is 2.07. The molecular weight excluding hydrogens is 238 g/mol. The van der Waals surface area contributed by atoms with E-state index < -0.39 is 0 Å². The summed E-state index contributed by atoms with van der Waals surface area (Å²) in [5.41, 5.74) is 1.63. The van der Waals surface area contributed by atoms with E-state index in [-0.39, 0.29) is 12.7 Å². The first-order chi connectivity index (χ1) is 9.34. The number of hydrogen-bond donors (Lipinski definition) is 0. The van der Waals surface area contributed by atoms with E-state index in [0.29, 0.717) is 5.56 Å². The lowest BCUT2D eigenvalue weighted by Gasteiger charge is -2.07. The van der Waals surface area contributed by atoms with Gasteiger partial charge < -0.3 is 9.30 Å². The zero-order valence-corrected chi connectivity index (χ0v) is 10.3. The Morgan fingerprint density at radius 1 is 0.947 bits per heavy atom. The smallest absolute Gasteiger partial charge is 0.339 e. The highest BCUT2D eigenvalue weighted by Crippen LogP contribution is 2.15. The summed E-state index contributed by atoms with van der Waals surface area (Å²) in [7, 11) is 0. The maximum atomic E-state index is 11.8. The summed E-state index contributed by atoms with van der Waals surface area (Å²) in [6.07, 6.45) is 1.92. The molecule has 0 spiro atoms. The molecule has 1 heterocycles. The van der Waals surface area contributed by atoms with Crippen LogP contribution in [-0.4, -0.2) is 10.5 Å². The molecule has 0 radical (unpaired) electrons. The Balaban J connectivity index is 1.75.